The molecule has 21 heavy (non-hydrogen) atoms. The fourth-order valence-corrected chi connectivity index (χ4v) is 3.19. The lowest BCUT2D eigenvalue weighted by atomic mass is 9.90. The third-order valence-electron chi connectivity index (χ3n) is 4.21. The fourth-order valence-electron chi connectivity index (χ4n) is 3.19. The molecule has 0 aliphatic carbocycles. The maximum Gasteiger partial charge on any atom is 0.324 e. The smallest absolute Gasteiger partial charge is 0.324 e. The lowest BCUT2D eigenvalue weighted by Gasteiger charge is -2.34. The number of nitrogens with zero attached hydrogens (tertiary/aromatic N) is 2. The number of halogens is 1. The Balaban J connectivity index is 2.25. The van der Waals surface area contributed by atoms with Gasteiger partial charge in [0.15, 0.2) is 0 Å². The summed E-state index contributed by atoms with van der Waals surface area (Å²) in [5, 5.41) is 18.5. The molecular weight excluding hydrogens is 271 g/mol. The summed E-state index contributed by atoms with van der Waals surface area (Å²) in [5.41, 5.74) is -0.0460. The Morgan fingerprint density at radius 1 is 1.57 bits per heavy atom. The Kier molecular flexibility index (Phi) is 4.59. The number of rotatable bonds is 5. The second-order valence-corrected chi connectivity index (χ2v) is 5.54. The van der Waals surface area contributed by atoms with Crippen LogP contribution in [-0.4, -0.2) is 28.1 Å². The first kappa shape index (κ1) is 15.5. The lowest BCUT2D eigenvalue weighted by Crippen LogP contribution is -2.49. The minimum absolute atomic E-state index is 0.00288. The summed E-state index contributed by atoms with van der Waals surface area (Å²) in [6.07, 6.45) is 2.89. The second-order valence-electron chi connectivity index (χ2n) is 5.54. The monoisotopic (exact) mass is 290 g/mol. The Morgan fingerprint density at radius 2 is 2.33 bits per heavy atom. The van der Waals surface area contributed by atoms with Crippen molar-refractivity contribution in [3.63, 3.8) is 0 Å². The summed E-state index contributed by atoms with van der Waals surface area (Å²) in [4.78, 5) is 13.7. The number of hydrogen-bond acceptors (Lipinski definition) is 3. The van der Waals surface area contributed by atoms with Gasteiger partial charge in [0, 0.05) is 6.54 Å². The third-order valence-corrected chi connectivity index (χ3v) is 4.21. The van der Waals surface area contributed by atoms with Crippen molar-refractivity contribution in [2.45, 2.75) is 44.7 Å². The molecule has 0 bridgehead atoms. The van der Waals surface area contributed by atoms with Crippen molar-refractivity contribution in [3.8, 4) is 6.07 Å². The molecule has 1 saturated heterocycles. The summed E-state index contributed by atoms with van der Waals surface area (Å²) in [7, 11) is 0. The zero-order chi connectivity index (χ0) is 15.5. The molecule has 1 fully saturated rings. The standard InChI is InChI=1S/C16H19FN2O2/c1-2-6-16(15(20)21)7-3-8-19(16)11-12-4-5-14(17)13(9-12)10-18/h4-5,9H,2-3,6-8,11H2,1H3,(H,20,21). The molecule has 0 aromatic heterocycles. The Bertz CT molecular complexity index is 582. The lowest BCUT2D eigenvalue weighted by molar-refractivity contribution is -0.150. The molecule has 1 N–H and O–H groups in total. The van der Waals surface area contributed by atoms with Crippen LogP contribution in [0.5, 0.6) is 0 Å². The zero-order valence-corrected chi connectivity index (χ0v) is 12.1. The predicted octanol–water partition coefficient (Wildman–Crippen LogP) is 2.92. The molecule has 2 rings (SSSR count). The van der Waals surface area contributed by atoms with E-state index in [0.29, 0.717) is 25.9 Å². The van der Waals surface area contributed by atoms with Crippen LogP contribution in [0.1, 0.15) is 43.7 Å². The van der Waals surface area contributed by atoms with E-state index < -0.39 is 17.3 Å². The minimum atomic E-state index is -0.823. The average Bonchev–Trinajstić information content (AvgIpc) is 2.85. The molecule has 1 aliphatic rings. The van der Waals surface area contributed by atoms with Gasteiger partial charge in [0.2, 0.25) is 0 Å². The Morgan fingerprint density at radius 3 is 2.95 bits per heavy atom. The molecule has 0 radical (unpaired) electrons. The van der Waals surface area contributed by atoms with Gasteiger partial charge >= 0.3 is 5.97 Å². The number of benzene rings is 1. The van der Waals surface area contributed by atoms with Crippen LogP contribution in [0.3, 0.4) is 0 Å². The van der Waals surface area contributed by atoms with Gasteiger partial charge in [-0.3, -0.25) is 9.69 Å². The van der Waals surface area contributed by atoms with Crippen LogP contribution in [0.25, 0.3) is 0 Å². The van der Waals surface area contributed by atoms with E-state index in [1.54, 1.807) is 6.07 Å². The molecular formula is C16H19FN2O2. The van der Waals surface area contributed by atoms with Crippen LogP contribution in [0, 0.1) is 17.1 Å². The molecule has 112 valence electrons. The number of carboxylic acids is 1. The van der Waals surface area contributed by atoms with Crippen LogP contribution in [0.15, 0.2) is 18.2 Å². The van der Waals surface area contributed by atoms with Crippen LogP contribution >= 0.6 is 0 Å². The van der Waals surface area contributed by atoms with E-state index in [1.807, 2.05) is 17.9 Å². The molecule has 0 saturated carbocycles. The van der Waals surface area contributed by atoms with Gasteiger partial charge in [-0.05, 0) is 43.5 Å². The van der Waals surface area contributed by atoms with Gasteiger partial charge in [0.1, 0.15) is 17.4 Å². The number of likely N-dealkylation sites (tertiary alicyclic amines) is 1. The van der Waals surface area contributed by atoms with Gasteiger partial charge in [-0.2, -0.15) is 5.26 Å². The molecule has 0 amide bonds. The number of aliphatic carboxylic acids is 1. The number of nitriles is 1. The first-order valence-electron chi connectivity index (χ1n) is 7.20. The SMILES string of the molecule is CCCC1(C(=O)O)CCCN1Cc1ccc(F)c(C#N)c1. The van der Waals surface area contributed by atoms with Crippen LogP contribution in [-0.2, 0) is 11.3 Å². The van der Waals surface area contributed by atoms with E-state index in [4.69, 9.17) is 5.26 Å². The van der Waals surface area contributed by atoms with Crippen molar-refractivity contribution >= 4 is 5.97 Å². The molecule has 1 aliphatic heterocycles. The first-order chi connectivity index (χ1) is 10.0. The highest BCUT2D eigenvalue weighted by atomic mass is 19.1. The van der Waals surface area contributed by atoms with E-state index in [-0.39, 0.29) is 5.56 Å². The van der Waals surface area contributed by atoms with Crippen LogP contribution in [0.2, 0.25) is 0 Å². The summed E-state index contributed by atoms with van der Waals surface area (Å²) in [6.45, 7) is 3.12. The fraction of sp³-hybridized carbons (Fsp3) is 0.500. The Labute approximate surface area is 123 Å². The van der Waals surface area contributed by atoms with Gasteiger partial charge in [-0.15, -0.1) is 0 Å². The molecule has 4 nitrogen and oxygen atoms in total. The molecule has 1 atom stereocenters. The summed E-state index contributed by atoms with van der Waals surface area (Å²) in [5.74, 6) is -1.33. The van der Waals surface area contributed by atoms with Crippen molar-refractivity contribution < 1.29 is 14.3 Å². The van der Waals surface area contributed by atoms with Crippen molar-refractivity contribution in [1.82, 2.24) is 4.90 Å². The topological polar surface area (TPSA) is 64.3 Å². The van der Waals surface area contributed by atoms with E-state index in [2.05, 4.69) is 0 Å². The Hall–Kier alpha value is -1.93. The van der Waals surface area contributed by atoms with Gasteiger partial charge in [-0.25, -0.2) is 4.39 Å². The maximum absolute atomic E-state index is 13.4. The van der Waals surface area contributed by atoms with Gasteiger partial charge in [-0.1, -0.05) is 19.4 Å². The summed E-state index contributed by atoms with van der Waals surface area (Å²) >= 11 is 0. The van der Waals surface area contributed by atoms with Crippen molar-refractivity contribution in [2.24, 2.45) is 0 Å². The molecule has 0 spiro atoms. The molecule has 1 heterocycles. The van der Waals surface area contributed by atoms with Crippen LogP contribution < -0.4 is 0 Å². The van der Waals surface area contributed by atoms with Gasteiger partial charge in [0.05, 0.1) is 5.56 Å². The highest BCUT2D eigenvalue weighted by Crippen LogP contribution is 2.35. The predicted molar refractivity (Wildman–Crippen MR) is 76.0 cm³/mol. The van der Waals surface area contributed by atoms with E-state index in [1.165, 1.54) is 12.1 Å². The van der Waals surface area contributed by atoms with Gasteiger partial charge < -0.3 is 5.11 Å². The van der Waals surface area contributed by atoms with Crippen molar-refractivity contribution in [3.05, 3.63) is 35.1 Å². The molecule has 1 aromatic carbocycles. The van der Waals surface area contributed by atoms with E-state index in [0.717, 1.165) is 18.4 Å². The zero-order valence-electron chi connectivity index (χ0n) is 12.1. The van der Waals surface area contributed by atoms with Gasteiger partial charge in [0.25, 0.3) is 0 Å². The maximum atomic E-state index is 13.4. The molecule has 1 aromatic rings. The highest BCUT2D eigenvalue weighted by Gasteiger charge is 2.46. The highest BCUT2D eigenvalue weighted by molar-refractivity contribution is 5.79. The summed E-state index contributed by atoms with van der Waals surface area (Å²) in [6, 6.07) is 6.21. The minimum Gasteiger partial charge on any atom is -0.480 e. The van der Waals surface area contributed by atoms with Crippen molar-refractivity contribution in [2.75, 3.05) is 6.54 Å². The largest absolute Gasteiger partial charge is 0.480 e. The molecule has 5 heteroatoms. The number of carbonyl (C=O) groups is 1. The average molecular weight is 290 g/mol. The summed E-state index contributed by atoms with van der Waals surface area (Å²) < 4.78 is 13.4. The normalized spacial score (nSPS) is 22.1. The second kappa shape index (κ2) is 6.23. The van der Waals surface area contributed by atoms with E-state index in [9.17, 15) is 14.3 Å². The van der Waals surface area contributed by atoms with E-state index >= 15 is 0 Å². The van der Waals surface area contributed by atoms with Crippen molar-refractivity contribution in [1.29, 1.82) is 5.26 Å². The number of hydrogen-bond donors (Lipinski definition) is 1. The quantitative estimate of drug-likeness (QED) is 0.905. The number of carboxylic acid groups (broad SMARTS) is 1. The van der Waals surface area contributed by atoms with Crippen LogP contribution in [0.4, 0.5) is 4.39 Å². The third kappa shape index (κ3) is 2.91. The first-order valence-corrected chi connectivity index (χ1v) is 7.20. The molecule has 1 unspecified atom stereocenters.